The third-order valence-corrected chi connectivity index (χ3v) is 4.92. The van der Waals surface area contributed by atoms with Crippen LogP contribution in [0.15, 0.2) is 53.0 Å². The molecule has 0 aliphatic carbocycles. The van der Waals surface area contributed by atoms with E-state index >= 15 is 0 Å². The highest BCUT2D eigenvalue weighted by Gasteiger charge is 2.05. The number of hydrogen-bond acceptors (Lipinski definition) is 3. The molecule has 0 aromatic heterocycles. The summed E-state index contributed by atoms with van der Waals surface area (Å²) in [6.45, 7) is 1.72. The average molecular weight is 419 g/mol. The average Bonchev–Trinajstić information content (AvgIpc) is 2.66. The molecule has 0 radical (unpaired) electrons. The van der Waals surface area contributed by atoms with Gasteiger partial charge in [-0.25, -0.2) is 0 Å². The molecule has 0 unspecified atom stereocenters. The number of benzene rings is 2. The Kier molecular flexibility index (Phi) is 8.48. The van der Waals surface area contributed by atoms with E-state index in [1.165, 1.54) is 5.69 Å². The lowest BCUT2D eigenvalue weighted by Crippen LogP contribution is -2.26. The molecular weight excluding hydrogens is 392 g/mol. The molecule has 0 bridgehead atoms. The van der Waals surface area contributed by atoms with Crippen LogP contribution in [-0.2, 0) is 11.2 Å². The van der Waals surface area contributed by atoms with Crippen molar-refractivity contribution < 1.29 is 9.53 Å². The van der Waals surface area contributed by atoms with E-state index in [0.29, 0.717) is 6.42 Å². The predicted molar refractivity (Wildman–Crippen MR) is 111 cm³/mol. The van der Waals surface area contributed by atoms with E-state index in [2.05, 4.69) is 45.3 Å². The number of carbonyl (C=O) groups is 1. The second-order valence-corrected chi connectivity index (χ2v) is 7.14. The molecule has 0 heterocycles. The fourth-order valence-electron chi connectivity index (χ4n) is 2.73. The lowest BCUT2D eigenvalue weighted by Gasteiger charge is -2.19. The first-order valence-corrected chi connectivity index (χ1v) is 9.74. The minimum absolute atomic E-state index is 0.105. The zero-order valence-electron chi connectivity index (χ0n) is 15.5. The zero-order valence-corrected chi connectivity index (χ0v) is 17.1. The Balaban J connectivity index is 1.59. The highest BCUT2D eigenvalue weighted by molar-refractivity contribution is 9.10. The highest BCUT2D eigenvalue weighted by Crippen LogP contribution is 2.25. The number of para-hydroxylation sites is 1. The molecule has 0 spiro atoms. The maximum atomic E-state index is 12.0. The van der Waals surface area contributed by atoms with Gasteiger partial charge in [-0.2, -0.15) is 0 Å². The smallest absolute Gasteiger partial charge is 0.220 e. The third-order valence-electron chi connectivity index (χ3n) is 4.30. The Labute approximate surface area is 164 Å². The second-order valence-electron chi connectivity index (χ2n) is 6.28. The van der Waals surface area contributed by atoms with Crippen molar-refractivity contribution in [1.29, 1.82) is 0 Å². The standard InChI is InChI=1S/C21H27BrN2O2/c1-24(18-8-4-3-5-9-18)15-7-6-14-23-21(25)13-11-17-10-12-20(26-2)19(22)16-17/h3-5,8-10,12,16H,6-7,11,13-15H2,1-2H3,(H,23,25). The van der Waals surface area contributed by atoms with Crippen LogP contribution >= 0.6 is 15.9 Å². The number of aryl methyl sites for hydroxylation is 1. The summed E-state index contributed by atoms with van der Waals surface area (Å²) in [5, 5.41) is 3.01. The van der Waals surface area contributed by atoms with Crippen LogP contribution in [0.3, 0.4) is 0 Å². The van der Waals surface area contributed by atoms with Gasteiger partial charge >= 0.3 is 0 Å². The van der Waals surface area contributed by atoms with Crippen molar-refractivity contribution in [3.8, 4) is 5.75 Å². The summed E-state index contributed by atoms with van der Waals surface area (Å²) in [6.07, 6.45) is 3.27. The van der Waals surface area contributed by atoms with Gasteiger partial charge in [-0.1, -0.05) is 24.3 Å². The zero-order chi connectivity index (χ0) is 18.8. The largest absolute Gasteiger partial charge is 0.496 e. The van der Waals surface area contributed by atoms with Gasteiger partial charge in [0.05, 0.1) is 11.6 Å². The Bertz CT molecular complexity index is 692. The summed E-state index contributed by atoms with van der Waals surface area (Å²) in [6, 6.07) is 16.3. The molecule has 0 atom stereocenters. The van der Waals surface area contributed by atoms with E-state index in [1.54, 1.807) is 7.11 Å². The Morgan fingerprint density at radius 1 is 1.15 bits per heavy atom. The van der Waals surface area contributed by atoms with Crippen LogP contribution in [0, 0.1) is 0 Å². The molecule has 5 heteroatoms. The number of nitrogens with one attached hydrogen (secondary N) is 1. The van der Waals surface area contributed by atoms with Gasteiger partial charge in [0.25, 0.3) is 0 Å². The predicted octanol–water partition coefficient (Wildman–Crippen LogP) is 4.42. The number of ether oxygens (including phenoxy) is 1. The van der Waals surface area contributed by atoms with Crippen molar-refractivity contribution in [2.75, 3.05) is 32.1 Å². The Hall–Kier alpha value is -2.01. The first-order valence-electron chi connectivity index (χ1n) is 8.95. The van der Waals surface area contributed by atoms with Crippen molar-refractivity contribution >= 4 is 27.5 Å². The monoisotopic (exact) mass is 418 g/mol. The first kappa shape index (κ1) is 20.3. The number of anilines is 1. The van der Waals surface area contributed by atoms with Gasteiger partial charge in [0, 0.05) is 32.2 Å². The summed E-state index contributed by atoms with van der Waals surface area (Å²) in [5.74, 6) is 0.909. The van der Waals surface area contributed by atoms with Gasteiger partial charge in [-0.05, 0) is 65.0 Å². The van der Waals surface area contributed by atoms with Crippen LogP contribution in [0.2, 0.25) is 0 Å². The van der Waals surface area contributed by atoms with E-state index in [1.807, 2.05) is 36.4 Å². The molecule has 2 aromatic carbocycles. The molecule has 1 N–H and O–H groups in total. The topological polar surface area (TPSA) is 41.6 Å². The lowest BCUT2D eigenvalue weighted by atomic mass is 10.1. The molecule has 4 nitrogen and oxygen atoms in total. The van der Waals surface area contributed by atoms with E-state index in [-0.39, 0.29) is 5.91 Å². The molecule has 1 amide bonds. The van der Waals surface area contributed by atoms with Gasteiger partial charge < -0.3 is 15.0 Å². The number of unbranched alkanes of at least 4 members (excludes halogenated alkanes) is 1. The summed E-state index contributed by atoms with van der Waals surface area (Å²) >= 11 is 3.47. The van der Waals surface area contributed by atoms with Crippen molar-refractivity contribution in [2.24, 2.45) is 0 Å². The van der Waals surface area contributed by atoms with Crippen LogP contribution in [-0.4, -0.2) is 33.2 Å². The molecule has 2 rings (SSSR count). The van der Waals surface area contributed by atoms with Crippen LogP contribution in [0.5, 0.6) is 5.75 Å². The van der Waals surface area contributed by atoms with Crippen molar-refractivity contribution in [3.05, 3.63) is 58.6 Å². The summed E-state index contributed by atoms with van der Waals surface area (Å²) < 4.78 is 6.13. The second kappa shape index (κ2) is 10.9. The number of hydrogen-bond donors (Lipinski definition) is 1. The van der Waals surface area contributed by atoms with Gasteiger partial charge in [0.1, 0.15) is 5.75 Å². The Morgan fingerprint density at radius 3 is 2.62 bits per heavy atom. The summed E-state index contributed by atoms with van der Waals surface area (Å²) in [5.41, 5.74) is 2.35. The van der Waals surface area contributed by atoms with Gasteiger partial charge in [-0.3, -0.25) is 4.79 Å². The SMILES string of the molecule is COc1ccc(CCC(=O)NCCCCN(C)c2ccccc2)cc1Br. The molecule has 26 heavy (non-hydrogen) atoms. The van der Waals surface area contributed by atoms with E-state index < -0.39 is 0 Å². The first-order chi connectivity index (χ1) is 12.6. The maximum absolute atomic E-state index is 12.0. The van der Waals surface area contributed by atoms with E-state index in [9.17, 15) is 4.79 Å². The van der Waals surface area contributed by atoms with E-state index in [0.717, 1.165) is 48.1 Å². The number of rotatable bonds is 10. The highest BCUT2D eigenvalue weighted by atomic mass is 79.9. The number of carbonyl (C=O) groups excluding carboxylic acids is 1. The lowest BCUT2D eigenvalue weighted by molar-refractivity contribution is -0.121. The molecule has 2 aromatic rings. The number of amides is 1. The Morgan fingerprint density at radius 2 is 1.92 bits per heavy atom. The van der Waals surface area contributed by atoms with Crippen LogP contribution in [0.4, 0.5) is 5.69 Å². The van der Waals surface area contributed by atoms with Gasteiger partial charge in [0.15, 0.2) is 0 Å². The normalized spacial score (nSPS) is 10.4. The number of nitrogens with zero attached hydrogens (tertiary/aromatic N) is 1. The molecule has 0 aliphatic rings. The van der Waals surface area contributed by atoms with Crippen LogP contribution in [0.1, 0.15) is 24.8 Å². The molecule has 0 saturated carbocycles. The fourth-order valence-corrected chi connectivity index (χ4v) is 3.31. The molecular formula is C21H27BrN2O2. The van der Waals surface area contributed by atoms with Gasteiger partial charge in [0.2, 0.25) is 5.91 Å². The molecule has 0 saturated heterocycles. The van der Waals surface area contributed by atoms with Crippen molar-refractivity contribution in [1.82, 2.24) is 5.32 Å². The molecule has 140 valence electrons. The third kappa shape index (κ3) is 6.71. The van der Waals surface area contributed by atoms with Crippen LogP contribution in [0.25, 0.3) is 0 Å². The molecule has 0 aliphatic heterocycles. The number of halogens is 1. The van der Waals surface area contributed by atoms with Gasteiger partial charge in [-0.15, -0.1) is 0 Å². The van der Waals surface area contributed by atoms with E-state index in [4.69, 9.17) is 4.74 Å². The summed E-state index contributed by atoms with van der Waals surface area (Å²) in [7, 11) is 3.74. The maximum Gasteiger partial charge on any atom is 0.220 e. The quantitative estimate of drug-likeness (QED) is 0.580. The molecule has 0 fully saturated rings. The summed E-state index contributed by atoms with van der Waals surface area (Å²) in [4.78, 5) is 14.2. The fraction of sp³-hybridized carbons (Fsp3) is 0.381. The van der Waals surface area contributed by atoms with Crippen molar-refractivity contribution in [3.63, 3.8) is 0 Å². The minimum Gasteiger partial charge on any atom is -0.496 e. The minimum atomic E-state index is 0.105. The van der Waals surface area contributed by atoms with Crippen LogP contribution < -0.4 is 15.0 Å². The van der Waals surface area contributed by atoms with Crippen molar-refractivity contribution in [2.45, 2.75) is 25.7 Å². The number of methoxy groups -OCH3 is 1.